The number of piperidine rings is 2. The third kappa shape index (κ3) is 2.10. The number of nitrogens with one attached hydrogen (secondary N) is 1. The molecule has 1 unspecified atom stereocenters. The summed E-state index contributed by atoms with van der Waals surface area (Å²) in [6, 6.07) is 9.60. The van der Waals surface area contributed by atoms with Crippen molar-refractivity contribution in [1.82, 2.24) is 9.88 Å². The average molecular weight is 310 g/mol. The van der Waals surface area contributed by atoms with Crippen LogP contribution in [-0.4, -0.2) is 42.7 Å². The summed E-state index contributed by atoms with van der Waals surface area (Å²) in [5.74, 6) is 2.39. The van der Waals surface area contributed by atoms with Crippen LogP contribution in [0.5, 0.6) is 0 Å². The van der Waals surface area contributed by atoms with Gasteiger partial charge in [-0.3, -0.25) is 4.90 Å². The molecule has 4 heterocycles. The summed E-state index contributed by atoms with van der Waals surface area (Å²) in [5.41, 5.74) is 4.50. The molecule has 23 heavy (non-hydrogen) atoms. The molecular formula is C20H26N2O. The summed E-state index contributed by atoms with van der Waals surface area (Å²) in [6.45, 7) is 3.47. The Labute approximate surface area is 138 Å². The maximum absolute atomic E-state index is 5.40. The van der Waals surface area contributed by atoms with Crippen molar-refractivity contribution >= 4 is 10.9 Å². The number of ether oxygens (including phenoxy) is 1. The molecule has 3 nitrogen and oxygen atoms in total. The van der Waals surface area contributed by atoms with Crippen molar-refractivity contribution in [2.75, 3.05) is 26.8 Å². The van der Waals surface area contributed by atoms with Gasteiger partial charge in [0, 0.05) is 55.4 Å². The predicted octanol–water partition coefficient (Wildman–Crippen LogP) is 3.55. The first-order valence-electron chi connectivity index (χ1n) is 9.17. The van der Waals surface area contributed by atoms with Gasteiger partial charge >= 0.3 is 0 Å². The summed E-state index contributed by atoms with van der Waals surface area (Å²) in [4.78, 5) is 6.63. The van der Waals surface area contributed by atoms with E-state index in [9.17, 15) is 0 Å². The van der Waals surface area contributed by atoms with Gasteiger partial charge < -0.3 is 9.72 Å². The molecule has 1 aliphatic carbocycles. The second kappa shape index (κ2) is 5.35. The molecule has 2 aromatic rings. The zero-order valence-corrected chi connectivity index (χ0v) is 13.9. The van der Waals surface area contributed by atoms with Crippen molar-refractivity contribution < 1.29 is 4.74 Å². The van der Waals surface area contributed by atoms with E-state index in [2.05, 4.69) is 34.1 Å². The lowest BCUT2D eigenvalue weighted by Crippen LogP contribution is -2.56. The number of nitrogens with zero attached hydrogens (tertiary/aromatic N) is 1. The molecule has 0 spiro atoms. The maximum atomic E-state index is 5.40. The van der Waals surface area contributed by atoms with Crippen LogP contribution < -0.4 is 0 Å². The van der Waals surface area contributed by atoms with Gasteiger partial charge in [-0.2, -0.15) is 0 Å². The number of aromatic amines is 1. The fourth-order valence-corrected chi connectivity index (χ4v) is 5.79. The molecule has 2 saturated heterocycles. The van der Waals surface area contributed by atoms with E-state index >= 15 is 0 Å². The Hall–Kier alpha value is -1.32. The summed E-state index contributed by atoms with van der Waals surface area (Å²) in [5, 5.41) is 1.46. The number of fused-ring (bicyclic) bond motifs is 4. The largest absolute Gasteiger partial charge is 0.385 e. The van der Waals surface area contributed by atoms with Crippen LogP contribution in [0.3, 0.4) is 0 Å². The number of benzene rings is 1. The van der Waals surface area contributed by atoms with Gasteiger partial charge in [0.1, 0.15) is 0 Å². The van der Waals surface area contributed by atoms with E-state index in [1.165, 1.54) is 49.7 Å². The summed E-state index contributed by atoms with van der Waals surface area (Å²) in [7, 11) is 1.84. The van der Waals surface area contributed by atoms with Crippen LogP contribution in [-0.2, 0) is 11.2 Å². The molecule has 3 heteroatoms. The molecule has 1 aromatic heterocycles. The molecule has 1 N–H and O–H groups in total. The third-order valence-electron chi connectivity index (χ3n) is 6.59. The van der Waals surface area contributed by atoms with Crippen LogP contribution in [0, 0.1) is 11.8 Å². The van der Waals surface area contributed by atoms with E-state index in [1.54, 1.807) is 11.3 Å². The minimum absolute atomic E-state index is 0.703. The molecule has 0 radical (unpaired) electrons. The SMILES string of the molecule is COCC[C@H]1C[C@@H]2C[C@H]3c4[nH]c5ccccc5c4CCN(C2)[C@@H]13. The van der Waals surface area contributed by atoms with E-state index in [1.807, 2.05) is 7.11 Å². The van der Waals surface area contributed by atoms with E-state index in [-0.39, 0.29) is 0 Å². The summed E-state index contributed by atoms with van der Waals surface area (Å²) in [6.07, 6.45) is 5.22. The van der Waals surface area contributed by atoms with Crippen LogP contribution in [0.2, 0.25) is 0 Å². The highest BCUT2D eigenvalue weighted by Gasteiger charge is 2.48. The Bertz CT molecular complexity index is 722. The fourth-order valence-electron chi connectivity index (χ4n) is 5.79. The maximum Gasteiger partial charge on any atom is 0.0465 e. The van der Waals surface area contributed by atoms with Crippen molar-refractivity contribution in [1.29, 1.82) is 0 Å². The Morgan fingerprint density at radius 1 is 1.26 bits per heavy atom. The zero-order valence-electron chi connectivity index (χ0n) is 13.9. The van der Waals surface area contributed by atoms with Crippen molar-refractivity contribution in [2.45, 2.75) is 37.6 Å². The Balaban J connectivity index is 1.58. The predicted molar refractivity (Wildman–Crippen MR) is 92.8 cm³/mol. The Kier molecular flexibility index (Phi) is 3.27. The molecule has 0 amide bonds. The van der Waals surface area contributed by atoms with Gasteiger partial charge in [0.15, 0.2) is 0 Å². The monoisotopic (exact) mass is 310 g/mol. The van der Waals surface area contributed by atoms with Crippen LogP contribution in [0.25, 0.3) is 10.9 Å². The van der Waals surface area contributed by atoms with Crippen molar-refractivity contribution in [3.05, 3.63) is 35.5 Å². The van der Waals surface area contributed by atoms with E-state index in [4.69, 9.17) is 4.74 Å². The number of hydrogen-bond donors (Lipinski definition) is 1. The lowest BCUT2D eigenvalue weighted by molar-refractivity contribution is -0.0224. The molecule has 1 aromatic carbocycles. The smallest absolute Gasteiger partial charge is 0.0465 e. The highest BCUT2D eigenvalue weighted by atomic mass is 16.5. The molecule has 4 bridgehead atoms. The third-order valence-corrected chi connectivity index (χ3v) is 6.59. The number of para-hydroxylation sites is 1. The van der Waals surface area contributed by atoms with Crippen LogP contribution in [0.1, 0.15) is 36.4 Å². The number of hydrogen-bond acceptors (Lipinski definition) is 2. The Morgan fingerprint density at radius 2 is 2.17 bits per heavy atom. The first kappa shape index (κ1) is 14.1. The second-order valence-electron chi connectivity index (χ2n) is 7.78. The average Bonchev–Trinajstić information content (AvgIpc) is 2.91. The van der Waals surface area contributed by atoms with Crippen LogP contribution in [0.4, 0.5) is 0 Å². The van der Waals surface area contributed by atoms with Crippen molar-refractivity contribution in [3.63, 3.8) is 0 Å². The molecule has 122 valence electrons. The van der Waals surface area contributed by atoms with Gasteiger partial charge in [-0.05, 0) is 49.1 Å². The number of rotatable bonds is 3. The van der Waals surface area contributed by atoms with Gasteiger partial charge in [-0.1, -0.05) is 18.2 Å². The molecule has 1 saturated carbocycles. The molecular weight excluding hydrogens is 284 g/mol. The van der Waals surface area contributed by atoms with Crippen LogP contribution in [0.15, 0.2) is 24.3 Å². The van der Waals surface area contributed by atoms with E-state index in [0.29, 0.717) is 5.92 Å². The number of aromatic nitrogens is 1. The topological polar surface area (TPSA) is 28.3 Å². The van der Waals surface area contributed by atoms with Gasteiger partial charge in [0.05, 0.1) is 0 Å². The minimum atomic E-state index is 0.703. The number of H-pyrrole nitrogens is 1. The molecule has 6 rings (SSSR count). The van der Waals surface area contributed by atoms with Gasteiger partial charge in [0.25, 0.3) is 0 Å². The summed E-state index contributed by atoms with van der Waals surface area (Å²) >= 11 is 0. The number of methoxy groups -OCH3 is 1. The Morgan fingerprint density at radius 3 is 3.09 bits per heavy atom. The molecule has 4 aliphatic rings. The van der Waals surface area contributed by atoms with Crippen molar-refractivity contribution in [3.8, 4) is 0 Å². The molecule has 5 atom stereocenters. The first-order chi connectivity index (χ1) is 11.3. The lowest BCUT2D eigenvalue weighted by Gasteiger charge is -2.53. The van der Waals surface area contributed by atoms with Gasteiger partial charge in [0.2, 0.25) is 0 Å². The summed E-state index contributed by atoms with van der Waals surface area (Å²) < 4.78 is 5.40. The highest BCUT2D eigenvalue weighted by Crippen LogP contribution is 2.51. The molecule has 3 fully saturated rings. The standard InChI is InChI=1S/C20H26N2O/c1-23-9-7-14-10-13-11-17-19-16(6-8-22(12-13)20(14)17)15-4-2-3-5-18(15)21-19/h2-5,13-14,17,20-21H,6-12H2,1H3/t13-,14+,17+,20+/m1/s1. The normalized spacial score (nSPS) is 35.3. The highest BCUT2D eigenvalue weighted by molar-refractivity contribution is 5.85. The lowest BCUT2D eigenvalue weighted by atomic mass is 9.65. The minimum Gasteiger partial charge on any atom is -0.385 e. The van der Waals surface area contributed by atoms with Gasteiger partial charge in [-0.25, -0.2) is 0 Å². The van der Waals surface area contributed by atoms with Gasteiger partial charge in [-0.15, -0.1) is 0 Å². The second-order valence-corrected chi connectivity index (χ2v) is 7.78. The van der Waals surface area contributed by atoms with E-state index < -0.39 is 0 Å². The van der Waals surface area contributed by atoms with Crippen molar-refractivity contribution in [2.24, 2.45) is 11.8 Å². The van der Waals surface area contributed by atoms with Crippen LogP contribution >= 0.6 is 0 Å². The quantitative estimate of drug-likeness (QED) is 0.939. The first-order valence-corrected chi connectivity index (χ1v) is 9.17. The zero-order chi connectivity index (χ0) is 15.4. The molecule has 3 aliphatic heterocycles. The van der Waals surface area contributed by atoms with E-state index in [0.717, 1.165) is 24.5 Å². The fraction of sp³-hybridized carbons (Fsp3) is 0.600.